The van der Waals surface area contributed by atoms with E-state index in [1.54, 1.807) is 0 Å². The summed E-state index contributed by atoms with van der Waals surface area (Å²) >= 11 is 0. The van der Waals surface area contributed by atoms with Crippen molar-refractivity contribution in [3.63, 3.8) is 0 Å². The average Bonchev–Trinajstić information content (AvgIpc) is 2.67. The number of hydrogen-bond acceptors (Lipinski definition) is 2. The van der Waals surface area contributed by atoms with Gasteiger partial charge in [-0.2, -0.15) is 0 Å². The van der Waals surface area contributed by atoms with E-state index in [2.05, 4.69) is 37.3 Å². The largest absolute Gasteiger partial charge is 0.252 e. The molecule has 0 aliphatic carbocycles. The molecule has 0 saturated heterocycles. The fourth-order valence-electron chi connectivity index (χ4n) is 1.62. The Morgan fingerprint density at radius 3 is 2.50 bits per heavy atom. The highest BCUT2D eigenvalue weighted by molar-refractivity contribution is 4.90. The van der Waals surface area contributed by atoms with Crippen molar-refractivity contribution in [3.8, 4) is 0 Å². The number of aryl methyl sites for hydroxylation is 2. The van der Waals surface area contributed by atoms with Gasteiger partial charge in [-0.1, -0.05) is 38.8 Å². The normalized spacial score (nSPS) is 11.1. The smallest absolute Gasteiger partial charge is 0.0824 e. The summed E-state index contributed by atoms with van der Waals surface area (Å²) in [7, 11) is 0. The number of hydrogen-bond donors (Lipinski definition) is 0. The van der Waals surface area contributed by atoms with Crippen molar-refractivity contribution in [2.45, 2.75) is 53.0 Å². The minimum Gasteiger partial charge on any atom is -0.252 e. The second-order valence-corrected chi connectivity index (χ2v) is 3.80. The van der Waals surface area contributed by atoms with Crippen molar-refractivity contribution in [1.82, 2.24) is 15.0 Å². The van der Waals surface area contributed by atoms with Gasteiger partial charge in [0.05, 0.1) is 5.69 Å². The molecule has 0 spiro atoms. The van der Waals surface area contributed by atoms with Gasteiger partial charge >= 0.3 is 0 Å². The third-order valence-electron chi connectivity index (χ3n) is 2.87. The predicted octanol–water partition coefficient (Wildman–Crippen LogP) is 2.67. The molecule has 80 valence electrons. The molecule has 0 bridgehead atoms. The molecule has 0 unspecified atom stereocenters. The van der Waals surface area contributed by atoms with Crippen LogP contribution in [-0.2, 0) is 13.0 Å². The van der Waals surface area contributed by atoms with Crippen LogP contribution in [0, 0.1) is 5.92 Å². The lowest BCUT2D eigenvalue weighted by Gasteiger charge is -2.10. The van der Waals surface area contributed by atoms with Crippen molar-refractivity contribution in [2.24, 2.45) is 5.92 Å². The molecule has 0 saturated carbocycles. The van der Waals surface area contributed by atoms with Gasteiger partial charge in [0.1, 0.15) is 0 Å². The van der Waals surface area contributed by atoms with Gasteiger partial charge < -0.3 is 0 Å². The van der Waals surface area contributed by atoms with Gasteiger partial charge in [0.25, 0.3) is 0 Å². The summed E-state index contributed by atoms with van der Waals surface area (Å²) in [6.07, 6.45) is 6.80. The molecule has 0 aromatic carbocycles. The molecule has 1 rings (SSSR count). The van der Waals surface area contributed by atoms with Crippen LogP contribution in [0.25, 0.3) is 0 Å². The van der Waals surface area contributed by atoms with E-state index in [1.165, 1.54) is 19.3 Å². The monoisotopic (exact) mass is 195 g/mol. The molecule has 0 N–H and O–H groups in total. The summed E-state index contributed by atoms with van der Waals surface area (Å²) in [4.78, 5) is 0. The second-order valence-electron chi connectivity index (χ2n) is 3.80. The van der Waals surface area contributed by atoms with Crippen molar-refractivity contribution in [3.05, 3.63) is 11.9 Å². The quantitative estimate of drug-likeness (QED) is 0.698. The molecule has 0 amide bonds. The Labute approximate surface area is 86.5 Å². The minimum atomic E-state index is 0.837. The topological polar surface area (TPSA) is 30.7 Å². The fourth-order valence-corrected chi connectivity index (χ4v) is 1.62. The van der Waals surface area contributed by atoms with E-state index in [0.717, 1.165) is 24.6 Å². The maximum absolute atomic E-state index is 4.09. The Kier molecular flexibility index (Phi) is 4.63. The van der Waals surface area contributed by atoms with E-state index < -0.39 is 0 Å². The highest BCUT2D eigenvalue weighted by Crippen LogP contribution is 2.13. The van der Waals surface area contributed by atoms with E-state index in [1.807, 2.05) is 4.68 Å². The van der Waals surface area contributed by atoms with Gasteiger partial charge in [0.15, 0.2) is 0 Å². The molecule has 14 heavy (non-hydrogen) atoms. The lowest BCUT2D eigenvalue weighted by Crippen LogP contribution is -2.05. The molecule has 3 nitrogen and oxygen atoms in total. The Morgan fingerprint density at radius 1 is 1.29 bits per heavy atom. The molecule has 0 radical (unpaired) electrons. The van der Waals surface area contributed by atoms with E-state index in [4.69, 9.17) is 0 Å². The van der Waals surface area contributed by atoms with E-state index >= 15 is 0 Å². The maximum atomic E-state index is 4.09. The predicted molar refractivity (Wildman–Crippen MR) is 58.1 cm³/mol. The Morgan fingerprint density at radius 2 is 2.00 bits per heavy atom. The number of nitrogens with zero attached hydrogens (tertiary/aromatic N) is 3. The molecule has 0 aliphatic heterocycles. The first kappa shape index (κ1) is 11.2. The first-order valence-corrected chi connectivity index (χ1v) is 5.69. The molecule has 1 aromatic rings. The zero-order chi connectivity index (χ0) is 10.4. The molecule has 1 heterocycles. The SMILES string of the molecule is CCc1cn(CCC(CC)CC)nn1. The van der Waals surface area contributed by atoms with Crippen LogP contribution in [0.1, 0.15) is 45.7 Å². The first-order chi connectivity index (χ1) is 6.80. The van der Waals surface area contributed by atoms with Gasteiger partial charge in [-0.25, -0.2) is 0 Å². The molecular formula is C11H21N3. The molecule has 0 aliphatic rings. The summed E-state index contributed by atoms with van der Waals surface area (Å²) in [5.74, 6) is 0.837. The maximum Gasteiger partial charge on any atom is 0.0824 e. The Bertz CT molecular complexity index is 251. The Balaban J connectivity index is 2.37. The van der Waals surface area contributed by atoms with Crippen molar-refractivity contribution in [2.75, 3.05) is 0 Å². The van der Waals surface area contributed by atoms with Crippen LogP contribution in [0.2, 0.25) is 0 Å². The summed E-state index contributed by atoms with van der Waals surface area (Å²) in [5, 5.41) is 8.17. The highest BCUT2D eigenvalue weighted by Gasteiger charge is 2.04. The van der Waals surface area contributed by atoms with E-state index in [9.17, 15) is 0 Å². The third-order valence-corrected chi connectivity index (χ3v) is 2.87. The van der Waals surface area contributed by atoms with Crippen LogP contribution in [0.5, 0.6) is 0 Å². The minimum absolute atomic E-state index is 0.837. The summed E-state index contributed by atoms with van der Waals surface area (Å²) in [5.41, 5.74) is 1.09. The van der Waals surface area contributed by atoms with Crippen LogP contribution in [0.3, 0.4) is 0 Å². The molecule has 0 fully saturated rings. The van der Waals surface area contributed by atoms with Crippen molar-refractivity contribution in [1.29, 1.82) is 0 Å². The molecule has 1 aromatic heterocycles. The third kappa shape index (κ3) is 3.13. The lowest BCUT2D eigenvalue weighted by atomic mass is 10.00. The molecule has 3 heteroatoms. The number of aromatic nitrogens is 3. The van der Waals surface area contributed by atoms with Crippen molar-refractivity contribution < 1.29 is 0 Å². The zero-order valence-electron chi connectivity index (χ0n) is 9.53. The van der Waals surface area contributed by atoms with Crippen LogP contribution < -0.4 is 0 Å². The van der Waals surface area contributed by atoms with Gasteiger partial charge in [-0.3, -0.25) is 4.68 Å². The van der Waals surface area contributed by atoms with Crippen LogP contribution in [0.4, 0.5) is 0 Å². The first-order valence-electron chi connectivity index (χ1n) is 5.69. The Hall–Kier alpha value is -0.860. The van der Waals surface area contributed by atoms with Gasteiger partial charge in [-0.05, 0) is 18.8 Å². The van der Waals surface area contributed by atoms with Crippen molar-refractivity contribution >= 4 is 0 Å². The lowest BCUT2D eigenvalue weighted by molar-refractivity contribution is 0.404. The molecule has 0 atom stereocenters. The van der Waals surface area contributed by atoms with Gasteiger partial charge in [-0.15, -0.1) is 5.10 Å². The second kappa shape index (κ2) is 5.78. The van der Waals surface area contributed by atoms with Crippen LogP contribution >= 0.6 is 0 Å². The van der Waals surface area contributed by atoms with Crippen LogP contribution in [0.15, 0.2) is 6.20 Å². The summed E-state index contributed by atoms with van der Waals surface area (Å²) < 4.78 is 1.97. The fraction of sp³-hybridized carbons (Fsp3) is 0.818. The summed E-state index contributed by atoms with van der Waals surface area (Å²) in [6, 6.07) is 0. The van der Waals surface area contributed by atoms with E-state index in [-0.39, 0.29) is 0 Å². The standard InChI is InChI=1S/C11H21N3/c1-4-10(5-2)7-8-14-9-11(6-3)12-13-14/h9-10H,4-8H2,1-3H3. The average molecular weight is 195 g/mol. The van der Waals surface area contributed by atoms with Gasteiger partial charge in [0, 0.05) is 12.7 Å². The summed E-state index contributed by atoms with van der Waals surface area (Å²) in [6.45, 7) is 7.63. The van der Waals surface area contributed by atoms with Crippen LogP contribution in [-0.4, -0.2) is 15.0 Å². The van der Waals surface area contributed by atoms with Gasteiger partial charge in [0.2, 0.25) is 0 Å². The number of rotatable bonds is 6. The molecular weight excluding hydrogens is 174 g/mol. The van der Waals surface area contributed by atoms with E-state index in [0.29, 0.717) is 0 Å². The zero-order valence-corrected chi connectivity index (χ0v) is 9.53. The highest BCUT2D eigenvalue weighted by atomic mass is 15.4.